The third-order valence-corrected chi connectivity index (χ3v) is 2.04. The lowest BCUT2D eigenvalue weighted by molar-refractivity contribution is 0.112. The first-order valence-electron chi connectivity index (χ1n) is 3.48. The SMILES string of the molecule is CCn1c(C#N)cc(C=O)c1Cl. The van der Waals surface area contributed by atoms with E-state index in [9.17, 15) is 4.79 Å². The van der Waals surface area contributed by atoms with Crippen LogP contribution in [-0.4, -0.2) is 10.9 Å². The number of rotatable bonds is 2. The first kappa shape index (κ1) is 8.82. The van der Waals surface area contributed by atoms with Crippen LogP contribution in [0.1, 0.15) is 23.0 Å². The molecule has 0 atom stereocenters. The molecule has 0 saturated heterocycles. The monoisotopic (exact) mass is 182 g/mol. The van der Waals surface area contributed by atoms with E-state index in [0.717, 1.165) is 0 Å². The van der Waals surface area contributed by atoms with Gasteiger partial charge in [-0.05, 0) is 13.0 Å². The normalized spacial score (nSPS) is 9.42. The zero-order chi connectivity index (χ0) is 9.14. The largest absolute Gasteiger partial charge is 0.323 e. The molecule has 62 valence electrons. The summed E-state index contributed by atoms with van der Waals surface area (Å²) in [7, 11) is 0. The molecule has 0 fully saturated rings. The number of carbonyl (C=O) groups is 1. The Morgan fingerprint density at radius 3 is 2.83 bits per heavy atom. The van der Waals surface area contributed by atoms with Gasteiger partial charge in [0.15, 0.2) is 6.29 Å². The van der Waals surface area contributed by atoms with Crippen molar-refractivity contribution in [2.24, 2.45) is 0 Å². The van der Waals surface area contributed by atoms with Crippen LogP contribution in [0, 0.1) is 11.3 Å². The molecule has 0 amide bonds. The standard InChI is InChI=1S/C8H7ClN2O/c1-2-11-7(4-10)3-6(5-12)8(11)9/h3,5H,2H2,1H3. The van der Waals surface area contributed by atoms with Crippen LogP contribution in [0.25, 0.3) is 0 Å². The Morgan fingerprint density at radius 2 is 2.50 bits per heavy atom. The van der Waals surface area contributed by atoms with Crippen molar-refractivity contribution in [2.75, 3.05) is 0 Å². The lowest BCUT2D eigenvalue weighted by Gasteiger charge is -1.99. The van der Waals surface area contributed by atoms with Crippen LogP contribution in [0.5, 0.6) is 0 Å². The molecule has 0 N–H and O–H groups in total. The molecular formula is C8H7ClN2O. The van der Waals surface area contributed by atoms with E-state index in [4.69, 9.17) is 16.9 Å². The first-order valence-corrected chi connectivity index (χ1v) is 3.86. The molecule has 0 unspecified atom stereocenters. The van der Waals surface area contributed by atoms with Gasteiger partial charge >= 0.3 is 0 Å². The highest BCUT2D eigenvalue weighted by molar-refractivity contribution is 6.32. The van der Waals surface area contributed by atoms with Crippen molar-refractivity contribution in [1.82, 2.24) is 4.57 Å². The molecule has 0 aliphatic rings. The molecule has 12 heavy (non-hydrogen) atoms. The number of halogens is 1. The molecule has 0 saturated carbocycles. The van der Waals surface area contributed by atoms with Crippen LogP contribution < -0.4 is 0 Å². The summed E-state index contributed by atoms with van der Waals surface area (Å²) in [6.07, 6.45) is 0.648. The van der Waals surface area contributed by atoms with E-state index >= 15 is 0 Å². The maximum absolute atomic E-state index is 10.4. The minimum Gasteiger partial charge on any atom is -0.323 e. The number of hydrogen-bond donors (Lipinski definition) is 0. The van der Waals surface area contributed by atoms with Crippen molar-refractivity contribution >= 4 is 17.9 Å². The molecule has 3 nitrogen and oxygen atoms in total. The van der Waals surface area contributed by atoms with Gasteiger partial charge in [0.25, 0.3) is 0 Å². The van der Waals surface area contributed by atoms with E-state index in [1.54, 1.807) is 4.57 Å². The Labute approximate surface area is 75.2 Å². The molecule has 4 heteroatoms. The van der Waals surface area contributed by atoms with Crippen LogP contribution in [0.15, 0.2) is 6.07 Å². The van der Waals surface area contributed by atoms with Crippen molar-refractivity contribution < 1.29 is 4.79 Å². The summed E-state index contributed by atoms with van der Waals surface area (Å²) in [6, 6.07) is 3.45. The highest BCUT2D eigenvalue weighted by Crippen LogP contribution is 2.19. The summed E-state index contributed by atoms with van der Waals surface area (Å²) >= 11 is 5.79. The molecule has 0 aliphatic heterocycles. The van der Waals surface area contributed by atoms with Gasteiger partial charge in [0.2, 0.25) is 0 Å². The van der Waals surface area contributed by atoms with E-state index in [-0.39, 0.29) is 0 Å². The summed E-state index contributed by atoms with van der Waals surface area (Å²) in [4.78, 5) is 10.4. The van der Waals surface area contributed by atoms with Gasteiger partial charge in [0.1, 0.15) is 16.9 Å². The van der Waals surface area contributed by atoms with Crippen LogP contribution >= 0.6 is 11.6 Å². The Bertz CT molecular complexity index is 349. The molecular weight excluding hydrogens is 176 g/mol. The Hall–Kier alpha value is -1.27. The molecule has 0 spiro atoms. The molecule has 1 rings (SSSR count). The molecule has 0 radical (unpaired) electrons. The van der Waals surface area contributed by atoms with Gasteiger partial charge in [0, 0.05) is 6.54 Å². The number of nitriles is 1. The minimum atomic E-state index is 0.337. The van der Waals surface area contributed by atoms with Gasteiger partial charge in [-0.15, -0.1) is 0 Å². The maximum Gasteiger partial charge on any atom is 0.153 e. The second kappa shape index (κ2) is 3.42. The molecule has 1 heterocycles. The van der Waals surface area contributed by atoms with Gasteiger partial charge in [-0.2, -0.15) is 5.26 Å². The van der Waals surface area contributed by atoms with Gasteiger partial charge in [-0.1, -0.05) is 11.6 Å². The Kier molecular flexibility index (Phi) is 2.51. The highest BCUT2D eigenvalue weighted by Gasteiger charge is 2.10. The fourth-order valence-corrected chi connectivity index (χ4v) is 1.34. The van der Waals surface area contributed by atoms with Gasteiger partial charge in [-0.25, -0.2) is 0 Å². The number of aldehydes is 1. The molecule has 1 aromatic heterocycles. The number of aromatic nitrogens is 1. The molecule has 0 aliphatic carbocycles. The zero-order valence-corrected chi connectivity index (χ0v) is 7.30. The zero-order valence-electron chi connectivity index (χ0n) is 6.54. The second-order valence-electron chi connectivity index (χ2n) is 2.25. The summed E-state index contributed by atoms with van der Waals surface area (Å²) in [6.45, 7) is 2.46. The molecule has 0 bridgehead atoms. The van der Waals surface area contributed by atoms with Crippen molar-refractivity contribution in [1.29, 1.82) is 5.26 Å². The topological polar surface area (TPSA) is 45.8 Å². The van der Waals surface area contributed by atoms with Crippen LogP contribution in [0.3, 0.4) is 0 Å². The maximum atomic E-state index is 10.4. The summed E-state index contributed by atoms with van der Waals surface area (Å²) in [5, 5.41) is 8.97. The molecule has 1 aromatic rings. The molecule has 0 aromatic carbocycles. The van der Waals surface area contributed by atoms with E-state index < -0.39 is 0 Å². The van der Waals surface area contributed by atoms with Crippen molar-refractivity contribution in [3.8, 4) is 6.07 Å². The fourth-order valence-electron chi connectivity index (χ4n) is 1.03. The Morgan fingerprint density at radius 1 is 1.83 bits per heavy atom. The predicted molar refractivity (Wildman–Crippen MR) is 45.2 cm³/mol. The Balaban J connectivity index is 3.34. The first-order chi connectivity index (χ1) is 5.74. The second-order valence-corrected chi connectivity index (χ2v) is 2.61. The van der Waals surface area contributed by atoms with E-state index in [1.807, 2.05) is 13.0 Å². The average Bonchev–Trinajstić information content (AvgIpc) is 2.41. The lowest BCUT2D eigenvalue weighted by atomic mass is 10.3. The summed E-state index contributed by atoms with van der Waals surface area (Å²) in [5.74, 6) is 0. The van der Waals surface area contributed by atoms with Crippen LogP contribution in [0.2, 0.25) is 5.15 Å². The van der Waals surface area contributed by atoms with Crippen molar-refractivity contribution in [3.05, 3.63) is 22.5 Å². The van der Waals surface area contributed by atoms with Crippen molar-refractivity contribution in [3.63, 3.8) is 0 Å². The van der Waals surface area contributed by atoms with E-state index in [2.05, 4.69) is 0 Å². The van der Waals surface area contributed by atoms with E-state index in [1.165, 1.54) is 6.07 Å². The van der Waals surface area contributed by atoms with Crippen molar-refractivity contribution in [2.45, 2.75) is 13.5 Å². The predicted octanol–water partition coefficient (Wildman–Crippen LogP) is 1.85. The number of carbonyl (C=O) groups excluding carboxylic acids is 1. The fraction of sp³-hybridized carbons (Fsp3) is 0.250. The van der Waals surface area contributed by atoms with Crippen LogP contribution in [0.4, 0.5) is 0 Å². The number of hydrogen-bond acceptors (Lipinski definition) is 2. The quantitative estimate of drug-likeness (QED) is 0.656. The van der Waals surface area contributed by atoms with E-state index in [0.29, 0.717) is 29.2 Å². The van der Waals surface area contributed by atoms with Gasteiger partial charge in [-0.3, -0.25) is 4.79 Å². The third-order valence-electron chi connectivity index (χ3n) is 1.62. The average molecular weight is 183 g/mol. The highest BCUT2D eigenvalue weighted by atomic mass is 35.5. The van der Waals surface area contributed by atoms with Crippen LogP contribution in [-0.2, 0) is 6.54 Å². The lowest BCUT2D eigenvalue weighted by Crippen LogP contribution is -1.96. The summed E-state index contributed by atoms with van der Waals surface area (Å²) < 4.78 is 1.59. The smallest absolute Gasteiger partial charge is 0.153 e. The summed E-state index contributed by atoms with van der Waals surface area (Å²) in [5.41, 5.74) is 0.791. The van der Waals surface area contributed by atoms with Gasteiger partial charge < -0.3 is 4.57 Å². The van der Waals surface area contributed by atoms with Gasteiger partial charge in [0.05, 0.1) is 5.56 Å². The minimum absolute atomic E-state index is 0.337. The number of nitrogens with zero attached hydrogens (tertiary/aromatic N) is 2. The third kappa shape index (κ3) is 1.21.